The number of fused-ring (bicyclic) bond motifs is 2. The molecule has 0 amide bonds. The fraction of sp³-hybridized carbons (Fsp3) is 0.818. The van der Waals surface area contributed by atoms with Crippen LogP contribution in [-0.2, 0) is 14.3 Å². The predicted molar refractivity (Wildman–Crippen MR) is 50.6 cm³/mol. The third-order valence-electron chi connectivity index (χ3n) is 3.39. The standard InChI is InChI=1S/C11H16O3/c1-2-5-14-11(13)10-7-3-4-8(10)9(12)6-7/h7-8,10H,2-6H2,1H3. The van der Waals surface area contributed by atoms with Gasteiger partial charge in [0.1, 0.15) is 5.78 Å². The lowest BCUT2D eigenvalue weighted by molar-refractivity contribution is -0.150. The van der Waals surface area contributed by atoms with E-state index in [1.165, 1.54) is 0 Å². The molecule has 2 aliphatic carbocycles. The number of hydrogen-bond acceptors (Lipinski definition) is 3. The van der Waals surface area contributed by atoms with Gasteiger partial charge in [-0.05, 0) is 25.2 Å². The summed E-state index contributed by atoms with van der Waals surface area (Å²) in [5.41, 5.74) is 0. The number of esters is 1. The lowest BCUT2D eigenvalue weighted by Gasteiger charge is -2.12. The molecule has 2 rings (SSSR count). The Kier molecular flexibility index (Phi) is 2.57. The van der Waals surface area contributed by atoms with Gasteiger partial charge in [-0.1, -0.05) is 6.92 Å². The van der Waals surface area contributed by atoms with Crippen LogP contribution in [0, 0.1) is 17.8 Å². The number of hydrogen-bond donors (Lipinski definition) is 0. The first-order valence-electron chi connectivity index (χ1n) is 5.43. The van der Waals surface area contributed by atoms with Crippen molar-refractivity contribution >= 4 is 11.8 Å². The Morgan fingerprint density at radius 3 is 2.79 bits per heavy atom. The third-order valence-corrected chi connectivity index (χ3v) is 3.39. The first-order chi connectivity index (χ1) is 6.74. The summed E-state index contributed by atoms with van der Waals surface area (Å²) in [4.78, 5) is 23.1. The molecule has 0 saturated heterocycles. The van der Waals surface area contributed by atoms with Crippen LogP contribution in [0.5, 0.6) is 0 Å². The van der Waals surface area contributed by atoms with E-state index in [9.17, 15) is 9.59 Å². The number of carbonyl (C=O) groups excluding carboxylic acids is 2. The summed E-state index contributed by atoms with van der Waals surface area (Å²) >= 11 is 0. The molecule has 0 radical (unpaired) electrons. The van der Waals surface area contributed by atoms with Gasteiger partial charge in [-0.3, -0.25) is 9.59 Å². The van der Waals surface area contributed by atoms with Crippen molar-refractivity contribution in [3.63, 3.8) is 0 Å². The van der Waals surface area contributed by atoms with Crippen LogP contribution >= 0.6 is 0 Å². The highest BCUT2D eigenvalue weighted by Gasteiger charge is 2.51. The molecule has 0 aromatic heterocycles. The van der Waals surface area contributed by atoms with Crippen molar-refractivity contribution in [2.75, 3.05) is 6.61 Å². The monoisotopic (exact) mass is 196 g/mol. The van der Waals surface area contributed by atoms with Crippen LogP contribution < -0.4 is 0 Å². The maximum absolute atomic E-state index is 11.6. The SMILES string of the molecule is CCCOC(=O)C1C2CCC1C(=O)C2. The van der Waals surface area contributed by atoms with Gasteiger partial charge in [0.15, 0.2) is 0 Å². The van der Waals surface area contributed by atoms with Gasteiger partial charge in [0.25, 0.3) is 0 Å². The average molecular weight is 196 g/mol. The Bertz CT molecular complexity index is 259. The smallest absolute Gasteiger partial charge is 0.309 e. The van der Waals surface area contributed by atoms with Gasteiger partial charge in [0, 0.05) is 12.3 Å². The number of rotatable bonds is 3. The lowest BCUT2D eigenvalue weighted by Crippen LogP contribution is -2.23. The van der Waals surface area contributed by atoms with E-state index in [-0.39, 0.29) is 29.5 Å². The summed E-state index contributed by atoms with van der Waals surface area (Å²) in [5, 5.41) is 0. The Morgan fingerprint density at radius 1 is 1.50 bits per heavy atom. The number of ketones is 1. The molecule has 2 aliphatic rings. The van der Waals surface area contributed by atoms with Crippen LogP contribution in [0.15, 0.2) is 0 Å². The molecule has 0 aromatic carbocycles. The third kappa shape index (κ3) is 1.45. The van der Waals surface area contributed by atoms with Crippen molar-refractivity contribution in [1.29, 1.82) is 0 Å². The van der Waals surface area contributed by atoms with Crippen LogP contribution in [0.2, 0.25) is 0 Å². The van der Waals surface area contributed by atoms with E-state index in [2.05, 4.69) is 0 Å². The van der Waals surface area contributed by atoms with E-state index in [0.717, 1.165) is 19.3 Å². The van der Waals surface area contributed by atoms with E-state index in [1.54, 1.807) is 0 Å². The Balaban J connectivity index is 1.98. The highest BCUT2D eigenvalue weighted by molar-refractivity contribution is 5.91. The summed E-state index contributed by atoms with van der Waals surface area (Å²) in [6.07, 6.45) is 3.38. The van der Waals surface area contributed by atoms with E-state index in [1.807, 2.05) is 6.92 Å². The quantitative estimate of drug-likeness (QED) is 0.643. The van der Waals surface area contributed by atoms with E-state index >= 15 is 0 Å². The van der Waals surface area contributed by atoms with Gasteiger partial charge < -0.3 is 4.74 Å². The maximum Gasteiger partial charge on any atom is 0.309 e. The van der Waals surface area contributed by atoms with Gasteiger partial charge in [0.05, 0.1) is 12.5 Å². The molecule has 3 unspecified atom stereocenters. The molecule has 0 aliphatic heterocycles. The van der Waals surface area contributed by atoms with E-state index < -0.39 is 0 Å². The summed E-state index contributed by atoms with van der Waals surface area (Å²) in [7, 11) is 0. The molecule has 2 bridgehead atoms. The molecular formula is C11H16O3. The maximum atomic E-state index is 11.6. The molecule has 3 atom stereocenters. The second-order valence-corrected chi connectivity index (χ2v) is 4.31. The molecule has 0 spiro atoms. The lowest BCUT2D eigenvalue weighted by atomic mass is 9.98. The van der Waals surface area contributed by atoms with Crippen molar-refractivity contribution in [3.05, 3.63) is 0 Å². The van der Waals surface area contributed by atoms with Crippen molar-refractivity contribution in [1.82, 2.24) is 0 Å². The first-order valence-corrected chi connectivity index (χ1v) is 5.43. The minimum Gasteiger partial charge on any atom is -0.465 e. The zero-order chi connectivity index (χ0) is 10.1. The van der Waals surface area contributed by atoms with Crippen LogP contribution in [0.4, 0.5) is 0 Å². The zero-order valence-corrected chi connectivity index (χ0v) is 8.49. The van der Waals surface area contributed by atoms with Gasteiger partial charge in [-0.25, -0.2) is 0 Å². The molecule has 0 heterocycles. The average Bonchev–Trinajstić information content (AvgIpc) is 2.70. The summed E-state index contributed by atoms with van der Waals surface area (Å²) in [6.45, 7) is 2.46. The Hall–Kier alpha value is -0.860. The van der Waals surface area contributed by atoms with Crippen LogP contribution in [0.1, 0.15) is 32.6 Å². The van der Waals surface area contributed by atoms with Crippen molar-refractivity contribution < 1.29 is 14.3 Å². The number of ether oxygens (including phenoxy) is 1. The summed E-state index contributed by atoms with van der Waals surface area (Å²) in [6, 6.07) is 0. The summed E-state index contributed by atoms with van der Waals surface area (Å²) < 4.78 is 5.11. The van der Waals surface area contributed by atoms with E-state index in [4.69, 9.17) is 4.74 Å². The van der Waals surface area contributed by atoms with Gasteiger partial charge >= 0.3 is 5.97 Å². The van der Waals surface area contributed by atoms with Crippen molar-refractivity contribution in [2.24, 2.45) is 17.8 Å². The largest absolute Gasteiger partial charge is 0.465 e. The molecular weight excluding hydrogens is 180 g/mol. The highest BCUT2D eigenvalue weighted by Crippen LogP contribution is 2.47. The molecule has 78 valence electrons. The Morgan fingerprint density at radius 2 is 2.29 bits per heavy atom. The fourth-order valence-electron chi connectivity index (χ4n) is 2.74. The minimum atomic E-state index is -0.134. The van der Waals surface area contributed by atoms with Crippen LogP contribution in [0.25, 0.3) is 0 Å². The second kappa shape index (κ2) is 3.71. The molecule has 3 nitrogen and oxygen atoms in total. The molecule has 14 heavy (non-hydrogen) atoms. The number of carbonyl (C=O) groups is 2. The summed E-state index contributed by atoms with van der Waals surface area (Å²) in [5.74, 6) is 0.320. The molecule has 2 saturated carbocycles. The first kappa shape index (κ1) is 9.69. The second-order valence-electron chi connectivity index (χ2n) is 4.31. The minimum absolute atomic E-state index is 0.00986. The van der Waals surface area contributed by atoms with Gasteiger partial charge in [-0.15, -0.1) is 0 Å². The zero-order valence-electron chi connectivity index (χ0n) is 8.49. The fourth-order valence-corrected chi connectivity index (χ4v) is 2.74. The molecule has 3 heteroatoms. The van der Waals surface area contributed by atoms with Gasteiger partial charge in [0.2, 0.25) is 0 Å². The van der Waals surface area contributed by atoms with E-state index in [0.29, 0.717) is 13.0 Å². The molecule has 2 fully saturated rings. The van der Waals surface area contributed by atoms with Crippen molar-refractivity contribution in [3.8, 4) is 0 Å². The van der Waals surface area contributed by atoms with Crippen molar-refractivity contribution in [2.45, 2.75) is 32.6 Å². The number of Topliss-reactive ketones (excluding diaryl/α,β-unsaturated/α-hetero) is 1. The predicted octanol–water partition coefficient (Wildman–Crippen LogP) is 1.55. The molecule has 0 N–H and O–H groups in total. The van der Waals surface area contributed by atoms with Gasteiger partial charge in [-0.2, -0.15) is 0 Å². The Labute approximate surface area is 83.8 Å². The van der Waals surface area contributed by atoms with Crippen LogP contribution in [-0.4, -0.2) is 18.4 Å². The topological polar surface area (TPSA) is 43.4 Å². The normalized spacial score (nSPS) is 34.9. The highest BCUT2D eigenvalue weighted by atomic mass is 16.5. The van der Waals surface area contributed by atoms with Crippen LogP contribution in [0.3, 0.4) is 0 Å². The molecule has 0 aromatic rings.